The van der Waals surface area contributed by atoms with Crippen LogP contribution in [0.15, 0.2) is 10.8 Å². The van der Waals surface area contributed by atoms with Crippen molar-refractivity contribution in [2.24, 2.45) is 0 Å². The minimum Gasteiger partial charge on any atom is -0.503 e. The fraction of sp³-hybridized carbons (Fsp3) is 0.500. The first-order valence-corrected chi connectivity index (χ1v) is 2.85. The molecule has 0 aliphatic carbocycles. The Morgan fingerprint density at radius 2 is 2.33 bits per heavy atom. The summed E-state index contributed by atoms with van der Waals surface area (Å²) in [6.07, 6.45) is 1.23. The van der Waals surface area contributed by atoms with Crippen LogP contribution in [0.4, 0.5) is 0 Å². The molecule has 0 spiro atoms. The predicted molar refractivity (Wildman–Crippen MR) is 32.3 cm³/mol. The molecule has 0 fully saturated rings. The Kier molecular flexibility index (Phi) is 1.42. The number of nitrogens with zero attached hydrogens (tertiary/aromatic N) is 1. The molecule has 0 radical (unpaired) electrons. The van der Waals surface area contributed by atoms with Gasteiger partial charge in [0.1, 0.15) is 5.69 Å². The third-order valence-electron chi connectivity index (χ3n) is 1.12. The summed E-state index contributed by atoms with van der Waals surface area (Å²) >= 11 is 0. The van der Waals surface area contributed by atoms with Gasteiger partial charge in [0.25, 0.3) is 0 Å². The molecule has 0 aromatic carbocycles. The Labute approximate surface area is 53.3 Å². The van der Waals surface area contributed by atoms with Gasteiger partial charge in [-0.15, -0.1) is 0 Å². The highest BCUT2D eigenvalue weighted by Gasteiger charge is 2.08. The van der Waals surface area contributed by atoms with E-state index in [-0.39, 0.29) is 11.7 Å². The molecule has 1 heterocycles. The monoisotopic (exact) mass is 127 g/mol. The second-order valence-electron chi connectivity index (χ2n) is 2.24. The Morgan fingerprint density at radius 1 is 1.67 bits per heavy atom. The van der Waals surface area contributed by atoms with Gasteiger partial charge in [0.15, 0.2) is 12.0 Å². The molecule has 3 heteroatoms. The molecule has 0 saturated carbocycles. The van der Waals surface area contributed by atoms with Crippen LogP contribution in [0.3, 0.4) is 0 Å². The normalized spacial score (nSPS) is 10.6. The Bertz CT molecular complexity index is 193. The average Bonchev–Trinajstić information content (AvgIpc) is 2.13. The number of hydrogen-bond donors (Lipinski definition) is 1. The summed E-state index contributed by atoms with van der Waals surface area (Å²) in [6.45, 7) is 3.88. The fourth-order valence-corrected chi connectivity index (χ4v) is 0.641. The van der Waals surface area contributed by atoms with E-state index in [9.17, 15) is 0 Å². The Balaban J connectivity index is 2.94. The molecule has 0 amide bonds. The minimum absolute atomic E-state index is 0.144. The molecule has 1 N–H and O–H groups in total. The van der Waals surface area contributed by atoms with Crippen LogP contribution in [0.25, 0.3) is 0 Å². The van der Waals surface area contributed by atoms with Crippen LogP contribution in [0, 0.1) is 0 Å². The average molecular weight is 127 g/mol. The lowest BCUT2D eigenvalue weighted by Crippen LogP contribution is -1.85. The highest BCUT2D eigenvalue weighted by Crippen LogP contribution is 2.22. The topological polar surface area (TPSA) is 46.3 Å². The third-order valence-corrected chi connectivity index (χ3v) is 1.12. The second kappa shape index (κ2) is 2.09. The lowest BCUT2D eigenvalue weighted by atomic mass is 10.1. The molecule has 0 aliphatic rings. The van der Waals surface area contributed by atoms with Crippen LogP contribution < -0.4 is 0 Å². The summed E-state index contributed by atoms with van der Waals surface area (Å²) in [7, 11) is 0. The fourth-order valence-electron chi connectivity index (χ4n) is 0.641. The van der Waals surface area contributed by atoms with Crippen molar-refractivity contribution in [3.63, 3.8) is 0 Å². The molecule has 9 heavy (non-hydrogen) atoms. The molecule has 1 rings (SSSR count). The van der Waals surface area contributed by atoms with Crippen LogP contribution in [-0.2, 0) is 0 Å². The van der Waals surface area contributed by atoms with Crippen molar-refractivity contribution in [3.05, 3.63) is 12.0 Å². The molecule has 1 aromatic heterocycles. The van der Waals surface area contributed by atoms with E-state index in [1.807, 2.05) is 13.8 Å². The van der Waals surface area contributed by atoms with Crippen molar-refractivity contribution in [3.8, 4) is 5.75 Å². The highest BCUT2D eigenvalue weighted by atomic mass is 16.5. The zero-order valence-electron chi connectivity index (χ0n) is 5.46. The highest BCUT2D eigenvalue weighted by molar-refractivity contribution is 5.22. The van der Waals surface area contributed by atoms with Gasteiger partial charge in [0.2, 0.25) is 0 Å². The summed E-state index contributed by atoms with van der Waals surface area (Å²) in [6, 6.07) is 0. The van der Waals surface area contributed by atoms with Gasteiger partial charge in [-0.05, 0) is 0 Å². The van der Waals surface area contributed by atoms with Gasteiger partial charge in [-0.1, -0.05) is 19.0 Å². The minimum atomic E-state index is 0.144. The van der Waals surface area contributed by atoms with Gasteiger partial charge < -0.3 is 9.63 Å². The Hall–Kier alpha value is -0.990. The number of rotatable bonds is 1. The zero-order chi connectivity index (χ0) is 6.85. The van der Waals surface area contributed by atoms with Gasteiger partial charge in [-0.3, -0.25) is 0 Å². The van der Waals surface area contributed by atoms with Gasteiger partial charge in [0.05, 0.1) is 0 Å². The van der Waals surface area contributed by atoms with Crippen LogP contribution in [-0.4, -0.2) is 10.3 Å². The molecule has 0 bridgehead atoms. The van der Waals surface area contributed by atoms with Crippen LogP contribution in [0.2, 0.25) is 0 Å². The van der Waals surface area contributed by atoms with E-state index in [1.165, 1.54) is 6.26 Å². The maximum absolute atomic E-state index is 8.96. The molecule has 1 aromatic rings. The molecule has 0 unspecified atom stereocenters. The molecule has 3 nitrogen and oxygen atoms in total. The van der Waals surface area contributed by atoms with E-state index in [4.69, 9.17) is 5.11 Å². The summed E-state index contributed by atoms with van der Waals surface area (Å²) in [4.78, 5) is 0. The lowest BCUT2D eigenvalue weighted by molar-refractivity contribution is 0.403. The molecular weight excluding hydrogens is 118 g/mol. The quantitative estimate of drug-likeness (QED) is 0.621. The molecule has 0 atom stereocenters. The van der Waals surface area contributed by atoms with Crippen LogP contribution in [0.5, 0.6) is 5.75 Å². The van der Waals surface area contributed by atoms with Gasteiger partial charge in [-0.2, -0.15) is 0 Å². The van der Waals surface area contributed by atoms with Crippen molar-refractivity contribution < 1.29 is 9.63 Å². The third kappa shape index (κ3) is 1.04. The van der Waals surface area contributed by atoms with Crippen molar-refractivity contribution in [2.45, 2.75) is 19.8 Å². The van der Waals surface area contributed by atoms with Crippen LogP contribution >= 0.6 is 0 Å². The largest absolute Gasteiger partial charge is 0.503 e. The van der Waals surface area contributed by atoms with Crippen molar-refractivity contribution in [2.75, 3.05) is 0 Å². The summed E-state index contributed by atoms with van der Waals surface area (Å²) in [5.74, 6) is 0.369. The standard InChI is InChI=1S/C6H9NO2/c1-4(2)6-5(8)3-9-7-6/h3-4,8H,1-2H3. The summed E-state index contributed by atoms with van der Waals surface area (Å²) < 4.78 is 4.51. The predicted octanol–water partition coefficient (Wildman–Crippen LogP) is 1.50. The van der Waals surface area contributed by atoms with Crippen molar-refractivity contribution in [1.29, 1.82) is 0 Å². The molecule has 0 aliphatic heterocycles. The van der Waals surface area contributed by atoms with Crippen LogP contribution in [0.1, 0.15) is 25.5 Å². The first kappa shape index (κ1) is 6.13. The maximum atomic E-state index is 8.96. The number of hydrogen-bond acceptors (Lipinski definition) is 3. The van der Waals surface area contributed by atoms with Crippen molar-refractivity contribution >= 4 is 0 Å². The Morgan fingerprint density at radius 3 is 2.56 bits per heavy atom. The second-order valence-corrected chi connectivity index (χ2v) is 2.24. The summed E-state index contributed by atoms with van der Waals surface area (Å²) in [5.41, 5.74) is 0.620. The van der Waals surface area contributed by atoms with E-state index in [1.54, 1.807) is 0 Å². The van der Waals surface area contributed by atoms with E-state index < -0.39 is 0 Å². The first-order chi connectivity index (χ1) is 4.22. The zero-order valence-corrected chi connectivity index (χ0v) is 5.46. The van der Waals surface area contributed by atoms with Gasteiger partial charge in [-0.25, -0.2) is 0 Å². The smallest absolute Gasteiger partial charge is 0.179 e. The van der Waals surface area contributed by atoms with E-state index in [0.717, 1.165) is 0 Å². The number of aromatic nitrogens is 1. The summed E-state index contributed by atoms with van der Waals surface area (Å²) in [5, 5.41) is 12.6. The lowest BCUT2D eigenvalue weighted by Gasteiger charge is -1.95. The first-order valence-electron chi connectivity index (χ1n) is 2.85. The van der Waals surface area contributed by atoms with E-state index in [0.29, 0.717) is 5.69 Å². The van der Waals surface area contributed by atoms with Gasteiger partial charge in [0, 0.05) is 5.92 Å². The molecular formula is C6H9NO2. The van der Waals surface area contributed by atoms with E-state index >= 15 is 0 Å². The van der Waals surface area contributed by atoms with E-state index in [2.05, 4.69) is 9.68 Å². The molecule has 50 valence electrons. The SMILES string of the molecule is CC(C)c1nocc1O. The van der Waals surface area contributed by atoms with Gasteiger partial charge >= 0.3 is 0 Å². The molecule has 0 saturated heterocycles. The number of aromatic hydroxyl groups is 1. The maximum Gasteiger partial charge on any atom is 0.179 e. The van der Waals surface area contributed by atoms with Crippen molar-refractivity contribution in [1.82, 2.24) is 5.16 Å².